The van der Waals surface area contributed by atoms with Gasteiger partial charge in [0.2, 0.25) is 0 Å². The number of thioether (sulfide) groups is 1. The summed E-state index contributed by atoms with van der Waals surface area (Å²) in [7, 11) is 0. The third-order valence-electron chi connectivity index (χ3n) is 2.93. The minimum absolute atomic E-state index is 0.197. The summed E-state index contributed by atoms with van der Waals surface area (Å²) in [6, 6.07) is 0. The van der Waals surface area contributed by atoms with E-state index in [2.05, 4.69) is 9.97 Å². The van der Waals surface area contributed by atoms with E-state index in [-0.39, 0.29) is 11.4 Å². The Morgan fingerprint density at radius 3 is 2.62 bits per heavy atom. The second-order valence-corrected chi connectivity index (χ2v) is 5.61. The minimum Gasteiger partial charge on any atom is -0.392 e. The Labute approximate surface area is 101 Å². The van der Waals surface area contributed by atoms with Gasteiger partial charge in [-0.25, -0.2) is 9.97 Å². The molecule has 3 nitrogen and oxygen atoms in total. The third-order valence-corrected chi connectivity index (χ3v) is 4.21. The van der Waals surface area contributed by atoms with Crippen molar-refractivity contribution in [3.05, 3.63) is 18.0 Å². The highest BCUT2D eigenvalue weighted by Gasteiger charge is 2.23. The maximum absolute atomic E-state index is 9.99. The van der Waals surface area contributed by atoms with Crippen LogP contribution in [-0.4, -0.2) is 26.4 Å². The van der Waals surface area contributed by atoms with Crippen LogP contribution < -0.4 is 0 Å². The van der Waals surface area contributed by atoms with E-state index < -0.39 is 0 Å². The van der Waals surface area contributed by atoms with E-state index in [1.165, 1.54) is 12.8 Å². The quantitative estimate of drug-likeness (QED) is 0.635. The molecule has 16 heavy (non-hydrogen) atoms. The van der Waals surface area contributed by atoms with Crippen LogP contribution in [0.3, 0.4) is 0 Å². The van der Waals surface area contributed by atoms with Crippen LogP contribution in [0.4, 0.5) is 0 Å². The molecule has 0 bridgehead atoms. The summed E-state index contributed by atoms with van der Waals surface area (Å²) >= 11 is 1.62. The molecule has 1 fully saturated rings. The van der Waals surface area contributed by atoms with Gasteiger partial charge in [0.15, 0.2) is 5.16 Å². The van der Waals surface area contributed by atoms with Crippen LogP contribution in [0.5, 0.6) is 0 Å². The Hall–Kier alpha value is -0.610. The first-order chi connectivity index (χ1) is 7.75. The van der Waals surface area contributed by atoms with Gasteiger partial charge in [0, 0.05) is 17.6 Å². The molecule has 88 valence electrons. The Morgan fingerprint density at radius 2 is 1.88 bits per heavy atom. The Kier molecular flexibility index (Phi) is 4.18. The number of hydrogen-bond donors (Lipinski definition) is 1. The van der Waals surface area contributed by atoms with Gasteiger partial charge in [0.05, 0.1) is 6.10 Å². The molecular formula is C12H18N2OS. The number of hydrogen-bond acceptors (Lipinski definition) is 4. The van der Waals surface area contributed by atoms with Gasteiger partial charge < -0.3 is 5.11 Å². The van der Waals surface area contributed by atoms with Gasteiger partial charge >= 0.3 is 0 Å². The van der Waals surface area contributed by atoms with Gasteiger partial charge in [-0.15, -0.1) is 0 Å². The molecule has 0 aliphatic heterocycles. The highest BCUT2D eigenvalue weighted by molar-refractivity contribution is 7.99. The monoisotopic (exact) mass is 238 g/mol. The first-order valence-corrected chi connectivity index (χ1v) is 6.77. The van der Waals surface area contributed by atoms with Crippen molar-refractivity contribution >= 4 is 11.8 Å². The summed E-state index contributed by atoms with van der Waals surface area (Å²) < 4.78 is 0. The molecule has 2 unspecified atom stereocenters. The van der Waals surface area contributed by atoms with E-state index in [0.717, 1.165) is 30.0 Å². The van der Waals surface area contributed by atoms with Crippen LogP contribution in [0.25, 0.3) is 0 Å². The van der Waals surface area contributed by atoms with Crippen LogP contribution in [-0.2, 0) is 0 Å². The minimum atomic E-state index is -0.197. The third kappa shape index (κ3) is 3.19. The molecule has 0 radical (unpaired) electrons. The van der Waals surface area contributed by atoms with E-state index in [4.69, 9.17) is 0 Å². The lowest BCUT2D eigenvalue weighted by Gasteiger charge is -2.18. The van der Waals surface area contributed by atoms with Gasteiger partial charge in [-0.2, -0.15) is 0 Å². The fourth-order valence-electron chi connectivity index (χ4n) is 1.97. The molecule has 4 heteroatoms. The molecule has 2 rings (SSSR count). The normalized spacial score (nSPS) is 26.4. The van der Waals surface area contributed by atoms with Crippen LogP contribution in [0.1, 0.15) is 37.7 Å². The second kappa shape index (κ2) is 5.64. The zero-order valence-electron chi connectivity index (χ0n) is 9.59. The number of aromatic nitrogens is 2. The van der Waals surface area contributed by atoms with Crippen molar-refractivity contribution in [2.75, 3.05) is 0 Å². The molecule has 0 aromatic carbocycles. The largest absolute Gasteiger partial charge is 0.392 e. The van der Waals surface area contributed by atoms with Crippen molar-refractivity contribution in [3.63, 3.8) is 0 Å². The smallest absolute Gasteiger partial charge is 0.187 e. The lowest BCUT2D eigenvalue weighted by atomic mass is 10.1. The molecule has 1 saturated carbocycles. The molecule has 1 heterocycles. The highest BCUT2D eigenvalue weighted by Crippen LogP contribution is 2.31. The SMILES string of the molecule is Cc1cnc(SC2CCCCCC2O)nc1. The molecule has 1 aliphatic carbocycles. The Bertz CT molecular complexity index is 328. The molecular weight excluding hydrogens is 220 g/mol. The van der Waals surface area contributed by atoms with Crippen molar-refractivity contribution in [2.45, 2.75) is 55.5 Å². The summed E-state index contributed by atoms with van der Waals surface area (Å²) in [4.78, 5) is 8.56. The molecule has 1 aromatic heterocycles. The molecule has 1 N–H and O–H groups in total. The number of aryl methyl sites for hydroxylation is 1. The van der Waals surface area contributed by atoms with E-state index in [1.54, 1.807) is 11.8 Å². The summed E-state index contributed by atoms with van der Waals surface area (Å²) in [6.45, 7) is 1.98. The summed E-state index contributed by atoms with van der Waals surface area (Å²) in [5.41, 5.74) is 1.07. The number of aliphatic hydroxyl groups excluding tert-OH is 1. The maximum atomic E-state index is 9.99. The topological polar surface area (TPSA) is 46.0 Å². The fourth-order valence-corrected chi connectivity index (χ4v) is 3.04. The second-order valence-electron chi connectivity index (χ2n) is 4.40. The zero-order valence-corrected chi connectivity index (χ0v) is 10.4. The van der Waals surface area contributed by atoms with Gasteiger partial charge in [-0.3, -0.25) is 0 Å². The Morgan fingerprint density at radius 1 is 1.19 bits per heavy atom. The van der Waals surface area contributed by atoms with Crippen molar-refractivity contribution in [1.82, 2.24) is 9.97 Å². The van der Waals surface area contributed by atoms with Gasteiger partial charge in [0.25, 0.3) is 0 Å². The lowest BCUT2D eigenvalue weighted by Crippen LogP contribution is -2.21. The van der Waals surface area contributed by atoms with Crippen LogP contribution in [0, 0.1) is 6.92 Å². The van der Waals surface area contributed by atoms with Crippen molar-refractivity contribution in [1.29, 1.82) is 0 Å². The summed E-state index contributed by atoms with van der Waals surface area (Å²) in [5.74, 6) is 0. The van der Waals surface area contributed by atoms with Gasteiger partial charge in [0.1, 0.15) is 0 Å². The van der Waals surface area contributed by atoms with Gasteiger partial charge in [-0.1, -0.05) is 31.0 Å². The molecule has 1 aromatic rings. The highest BCUT2D eigenvalue weighted by atomic mass is 32.2. The summed E-state index contributed by atoms with van der Waals surface area (Å²) in [6.07, 6.45) is 9.05. The molecule has 0 saturated heterocycles. The Balaban J connectivity index is 1.99. The van der Waals surface area contributed by atoms with Crippen LogP contribution in [0.2, 0.25) is 0 Å². The van der Waals surface area contributed by atoms with Crippen molar-refractivity contribution in [2.24, 2.45) is 0 Å². The van der Waals surface area contributed by atoms with Crippen molar-refractivity contribution in [3.8, 4) is 0 Å². The predicted molar refractivity (Wildman–Crippen MR) is 65.5 cm³/mol. The molecule has 1 aliphatic rings. The van der Waals surface area contributed by atoms with Crippen LogP contribution in [0.15, 0.2) is 17.6 Å². The summed E-state index contributed by atoms with van der Waals surface area (Å²) in [5, 5.41) is 11.0. The first kappa shape index (κ1) is 11.9. The van der Waals surface area contributed by atoms with E-state index >= 15 is 0 Å². The lowest BCUT2D eigenvalue weighted by molar-refractivity contribution is 0.163. The average molecular weight is 238 g/mol. The predicted octanol–water partition coefficient (Wildman–Crippen LogP) is 2.57. The van der Waals surface area contributed by atoms with Crippen molar-refractivity contribution < 1.29 is 5.11 Å². The average Bonchev–Trinajstić information content (AvgIpc) is 2.48. The maximum Gasteiger partial charge on any atom is 0.187 e. The van der Waals surface area contributed by atoms with E-state index in [0.29, 0.717) is 0 Å². The molecule has 0 amide bonds. The van der Waals surface area contributed by atoms with E-state index in [9.17, 15) is 5.11 Å². The standard InChI is InChI=1S/C12H18N2OS/c1-9-7-13-12(14-8-9)16-11-6-4-2-3-5-10(11)15/h7-8,10-11,15H,2-6H2,1H3. The van der Waals surface area contributed by atoms with E-state index in [1.807, 2.05) is 19.3 Å². The number of aliphatic hydroxyl groups is 1. The molecule has 2 atom stereocenters. The van der Waals surface area contributed by atoms with Crippen LogP contribution >= 0.6 is 11.8 Å². The first-order valence-electron chi connectivity index (χ1n) is 5.89. The fraction of sp³-hybridized carbons (Fsp3) is 0.667. The zero-order chi connectivity index (χ0) is 11.4. The number of nitrogens with zero attached hydrogens (tertiary/aromatic N) is 2. The molecule has 0 spiro atoms. The number of rotatable bonds is 2. The van der Waals surface area contributed by atoms with Gasteiger partial charge in [-0.05, 0) is 25.3 Å².